The van der Waals surface area contributed by atoms with Gasteiger partial charge in [0.15, 0.2) is 0 Å². The zero-order chi connectivity index (χ0) is 8.15. The summed E-state index contributed by atoms with van der Waals surface area (Å²) >= 11 is 0. The van der Waals surface area contributed by atoms with Crippen LogP contribution in [-0.4, -0.2) is 30.8 Å². The molecule has 60 valence electrons. The van der Waals surface area contributed by atoms with E-state index in [1.54, 1.807) is 0 Å². The van der Waals surface area contributed by atoms with Gasteiger partial charge in [-0.05, 0) is 27.4 Å². The van der Waals surface area contributed by atoms with E-state index in [0.717, 1.165) is 6.42 Å². The van der Waals surface area contributed by atoms with Gasteiger partial charge in [-0.3, -0.25) is 9.69 Å². The minimum Gasteiger partial charge on any atom is -0.300 e. The summed E-state index contributed by atoms with van der Waals surface area (Å²) in [5.41, 5.74) is 0. The van der Waals surface area contributed by atoms with Gasteiger partial charge in [0.2, 0.25) is 0 Å². The molecule has 0 fully saturated rings. The first-order valence-corrected chi connectivity index (χ1v) is 3.78. The number of carbonyl (C=O) groups is 1. The number of Topliss-reactive ketones (excluding diaryl/α,β-unsaturated/α-hetero) is 1. The third-order valence-electron chi connectivity index (χ3n) is 1.74. The summed E-state index contributed by atoms with van der Waals surface area (Å²) in [4.78, 5) is 13.1. The number of likely N-dealkylation sites (N-methyl/N-ethyl adjacent to an activating group) is 1. The maximum Gasteiger partial charge on any atom is 0.149 e. The zero-order valence-corrected chi connectivity index (χ0v) is 7.35. The molecular weight excluding hydrogens is 126 g/mol. The quantitative estimate of drug-likeness (QED) is 0.591. The van der Waals surface area contributed by atoms with Crippen molar-refractivity contribution in [2.75, 3.05) is 14.1 Å². The molecular formula is C8H17NO. The summed E-state index contributed by atoms with van der Waals surface area (Å²) in [7, 11) is 3.86. The van der Waals surface area contributed by atoms with Crippen LogP contribution in [0, 0.1) is 0 Å². The lowest BCUT2D eigenvalue weighted by atomic mass is 10.1. The number of nitrogens with zero attached hydrogens (tertiary/aromatic N) is 1. The van der Waals surface area contributed by atoms with E-state index in [1.807, 2.05) is 32.8 Å². The number of hydrogen-bond donors (Lipinski definition) is 0. The summed E-state index contributed by atoms with van der Waals surface area (Å²) < 4.78 is 0. The molecule has 0 aliphatic heterocycles. The largest absolute Gasteiger partial charge is 0.300 e. The van der Waals surface area contributed by atoms with E-state index < -0.39 is 0 Å². The Bertz CT molecular complexity index is 110. The summed E-state index contributed by atoms with van der Waals surface area (Å²) in [6.45, 7) is 3.97. The first-order valence-electron chi connectivity index (χ1n) is 3.78. The maximum atomic E-state index is 11.1. The zero-order valence-electron chi connectivity index (χ0n) is 7.35. The lowest BCUT2D eigenvalue weighted by Crippen LogP contribution is -2.32. The monoisotopic (exact) mass is 143 g/mol. The van der Waals surface area contributed by atoms with Crippen molar-refractivity contribution in [2.45, 2.75) is 32.7 Å². The maximum absolute atomic E-state index is 11.1. The van der Waals surface area contributed by atoms with Crippen LogP contribution in [0.5, 0.6) is 0 Å². The Kier molecular flexibility index (Phi) is 4.28. The van der Waals surface area contributed by atoms with Crippen molar-refractivity contribution in [3.63, 3.8) is 0 Å². The molecule has 0 aromatic carbocycles. The first-order chi connectivity index (χ1) is 4.59. The van der Waals surface area contributed by atoms with E-state index in [4.69, 9.17) is 0 Å². The second-order valence-corrected chi connectivity index (χ2v) is 2.86. The van der Waals surface area contributed by atoms with Gasteiger partial charge in [-0.25, -0.2) is 0 Å². The lowest BCUT2D eigenvalue weighted by molar-refractivity contribution is -0.122. The SMILES string of the molecule is CCCC(=O)C(C)N(C)C. The van der Waals surface area contributed by atoms with E-state index in [1.165, 1.54) is 0 Å². The highest BCUT2D eigenvalue weighted by Gasteiger charge is 2.12. The molecule has 0 aromatic rings. The van der Waals surface area contributed by atoms with Crippen LogP contribution in [0.4, 0.5) is 0 Å². The average Bonchev–Trinajstić information content (AvgIpc) is 1.87. The van der Waals surface area contributed by atoms with Crippen molar-refractivity contribution in [3.8, 4) is 0 Å². The smallest absolute Gasteiger partial charge is 0.149 e. The van der Waals surface area contributed by atoms with Gasteiger partial charge < -0.3 is 0 Å². The molecule has 0 spiro atoms. The van der Waals surface area contributed by atoms with Crippen molar-refractivity contribution >= 4 is 5.78 Å². The third-order valence-corrected chi connectivity index (χ3v) is 1.74. The Morgan fingerprint density at radius 2 is 2.00 bits per heavy atom. The minimum atomic E-state index is 0.0833. The van der Waals surface area contributed by atoms with E-state index in [-0.39, 0.29) is 6.04 Å². The number of rotatable bonds is 4. The molecule has 0 aliphatic carbocycles. The van der Waals surface area contributed by atoms with Gasteiger partial charge in [0.05, 0.1) is 6.04 Å². The van der Waals surface area contributed by atoms with E-state index in [9.17, 15) is 4.79 Å². The average molecular weight is 143 g/mol. The number of hydrogen-bond acceptors (Lipinski definition) is 2. The van der Waals surface area contributed by atoms with E-state index in [2.05, 4.69) is 0 Å². The molecule has 0 radical (unpaired) electrons. The van der Waals surface area contributed by atoms with Crippen molar-refractivity contribution in [2.24, 2.45) is 0 Å². The van der Waals surface area contributed by atoms with Crippen LogP contribution >= 0.6 is 0 Å². The van der Waals surface area contributed by atoms with Crippen LogP contribution in [-0.2, 0) is 4.79 Å². The molecule has 2 heteroatoms. The predicted octanol–water partition coefficient (Wildman–Crippen LogP) is 1.31. The van der Waals surface area contributed by atoms with Gasteiger partial charge in [-0.15, -0.1) is 0 Å². The van der Waals surface area contributed by atoms with Crippen LogP contribution < -0.4 is 0 Å². The molecule has 1 atom stereocenters. The summed E-state index contributed by atoms with van der Waals surface area (Å²) in [5, 5.41) is 0. The molecule has 0 amide bonds. The second kappa shape index (κ2) is 4.45. The van der Waals surface area contributed by atoms with Gasteiger partial charge >= 0.3 is 0 Å². The molecule has 0 saturated heterocycles. The summed E-state index contributed by atoms with van der Waals surface area (Å²) in [6.07, 6.45) is 1.66. The summed E-state index contributed by atoms with van der Waals surface area (Å²) in [6, 6.07) is 0.0833. The van der Waals surface area contributed by atoms with Crippen molar-refractivity contribution in [1.29, 1.82) is 0 Å². The molecule has 0 rings (SSSR count). The van der Waals surface area contributed by atoms with E-state index >= 15 is 0 Å². The van der Waals surface area contributed by atoms with Crippen molar-refractivity contribution in [1.82, 2.24) is 4.90 Å². The first kappa shape index (κ1) is 9.63. The van der Waals surface area contributed by atoms with Crippen LogP contribution in [0.3, 0.4) is 0 Å². The molecule has 0 N–H and O–H groups in total. The van der Waals surface area contributed by atoms with Gasteiger partial charge in [0.1, 0.15) is 5.78 Å². The van der Waals surface area contributed by atoms with Gasteiger partial charge in [0.25, 0.3) is 0 Å². The molecule has 0 saturated carbocycles. The van der Waals surface area contributed by atoms with Crippen LogP contribution in [0.15, 0.2) is 0 Å². The Morgan fingerprint density at radius 3 is 2.30 bits per heavy atom. The Labute approximate surface area is 63.2 Å². The van der Waals surface area contributed by atoms with Crippen LogP contribution in [0.1, 0.15) is 26.7 Å². The van der Waals surface area contributed by atoms with Gasteiger partial charge in [-0.2, -0.15) is 0 Å². The van der Waals surface area contributed by atoms with Gasteiger partial charge in [0, 0.05) is 6.42 Å². The highest BCUT2D eigenvalue weighted by atomic mass is 16.1. The molecule has 2 nitrogen and oxygen atoms in total. The predicted molar refractivity (Wildman–Crippen MR) is 43.1 cm³/mol. The standard InChI is InChI=1S/C8H17NO/c1-5-6-8(10)7(2)9(3)4/h7H,5-6H2,1-4H3. The Morgan fingerprint density at radius 1 is 1.50 bits per heavy atom. The van der Waals surface area contributed by atoms with Gasteiger partial charge in [-0.1, -0.05) is 6.92 Å². The van der Waals surface area contributed by atoms with Crippen molar-refractivity contribution < 1.29 is 4.79 Å². The lowest BCUT2D eigenvalue weighted by Gasteiger charge is -2.17. The minimum absolute atomic E-state index is 0.0833. The van der Waals surface area contributed by atoms with Crippen LogP contribution in [0.25, 0.3) is 0 Å². The molecule has 10 heavy (non-hydrogen) atoms. The third kappa shape index (κ3) is 2.97. The Balaban J connectivity index is 3.71. The molecule has 1 unspecified atom stereocenters. The number of carbonyl (C=O) groups excluding carboxylic acids is 1. The fraction of sp³-hybridized carbons (Fsp3) is 0.875. The Hall–Kier alpha value is -0.370. The topological polar surface area (TPSA) is 20.3 Å². The van der Waals surface area contributed by atoms with Crippen molar-refractivity contribution in [3.05, 3.63) is 0 Å². The fourth-order valence-electron chi connectivity index (χ4n) is 0.743. The second-order valence-electron chi connectivity index (χ2n) is 2.86. The molecule has 0 aliphatic rings. The summed E-state index contributed by atoms with van der Waals surface area (Å²) in [5.74, 6) is 0.340. The fourth-order valence-corrected chi connectivity index (χ4v) is 0.743. The molecule has 0 aromatic heterocycles. The molecule has 0 bridgehead atoms. The van der Waals surface area contributed by atoms with Crippen LogP contribution in [0.2, 0.25) is 0 Å². The van der Waals surface area contributed by atoms with E-state index in [0.29, 0.717) is 12.2 Å². The molecule has 0 heterocycles. The number of ketones is 1. The highest BCUT2D eigenvalue weighted by molar-refractivity contribution is 5.83. The normalized spacial score (nSPS) is 13.7. The highest BCUT2D eigenvalue weighted by Crippen LogP contribution is 1.99.